The zero-order chi connectivity index (χ0) is 18.7. The van der Waals surface area contributed by atoms with Crippen LogP contribution in [0.1, 0.15) is 40.4 Å². The lowest BCUT2D eigenvalue weighted by Gasteiger charge is -2.39. The smallest absolute Gasteiger partial charge is 0.257 e. The first-order chi connectivity index (χ1) is 13.3. The molecule has 27 heavy (non-hydrogen) atoms. The highest BCUT2D eigenvalue weighted by Gasteiger charge is 2.51. The summed E-state index contributed by atoms with van der Waals surface area (Å²) < 4.78 is 6.51. The van der Waals surface area contributed by atoms with Gasteiger partial charge in [0.05, 0.1) is 0 Å². The molecule has 0 aliphatic carbocycles. The molecule has 0 spiro atoms. The third-order valence-corrected chi connectivity index (χ3v) is 5.01. The van der Waals surface area contributed by atoms with E-state index in [0.717, 1.165) is 23.1 Å². The first-order valence-electron chi connectivity index (χ1n) is 9.42. The Balaban J connectivity index is 1.90. The van der Waals surface area contributed by atoms with Gasteiger partial charge >= 0.3 is 0 Å². The second-order valence-corrected chi connectivity index (χ2v) is 6.78. The molecule has 0 N–H and O–H groups in total. The van der Waals surface area contributed by atoms with Gasteiger partial charge in [0.15, 0.2) is 5.72 Å². The SMILES string of the molecule is CCCOC1(c2ccccc2)c2ccccc2C(=O)N1Cc1ccccc1. The summed E-state index contributed by atoms with van der Waals surface area (Å²) in [6, 6.07) is 28.0. The van der Waals surface area contributed by atoms with E-state index in [9.17, 15) is 4.79 Å². The molecule has 0 saturated carbocycles. The maximum Gasteiger partial charge on any atom is 0.257 e. The first-order valence-corrected chi connectivity index (χ1v) is 9.42. The molecule has 4 rings (SSSR count). The predicted molar refractivity (Wildman–Crippen MR) is 106 cm³/mol. The second-order valence-electron chi connectivity index (χ2n) is 6.78. The lowest BCUT2D eigenvalue weighted by molar-refractivity contribution is -0.111. The van der Waals surface area contributed by atoms with E-state index in [2.05, 4.69) is 6.92 Å². The van der Waals surface area contributed by atoms with Gasteiger partial charge in [-0.1, -0.05) is 85.8 Å². The summed E-state index contributed by atoms with van der Waals surface area (Å²) in [4.78, 5) is 15.3. The molecule has 1 heterocycles. The molecule has 3 aromatic rings. The van der Waals surface area contributed by atoms with Gasteiger partial charge in [-0.2, -0.15) is 0 Å². The van der Waals surface area contributed by atoms with Gasteiger partial charge in [0.1, 0.15) is 0 Å². The van der Waals surface area contributed by atoms with Crippen LogP contribution in [0.15, 0.2) is 84.9 Å². The van der Waals surface area contributed by atoms with Crippen LogP contribution in [0.2, 0.25) is 0 Å². The number of carbonyl (C=O) groups excluding carboxylic acids is 1. The molecule has 1 amide bonds. The molecule has 3 nitrogen and oxygen atoms in total. The summed E-state index contributed by atoms with van der Waals surface area (Å²) in [5.74, 6) is 0.00871. The van der Waals surface area contributed by atoms with Crippen molar-refractivity contribution in [2.45, 2.75) is 25.6 Å². The van der Waals surface area contributed by atoms with Crippen LogP contribution in [0.25, 0.3) is 0 Å². The Labute approximate surface area is 160 Å². The predicted octanol–water partition coefficient (Wildman–Crippen LogP) is 4.97. The van der Waals surface area contributed by atoms with Gasteiger partial charge in [-0.25, -0.2) is 0 Å². The Morgan fingerprint density at radius 2 is 1.48 bits per heavy atom. The summed E-state index contributed by atoms with van der Waals surface area (Å²) in [6.45, 7) is 3.15. The van der Waals surface area contributed by atoms with Crippen LogP contribution in [0.3, 0.4) is 0 Å². The minimum atomic E-state index is -0.902. The highest BCUT2D eigenvalue weighted by atomic mass is 16.5. The fraction of sp³-hybridized carbons (Fsp3) is 0.208. The highest BCUT2D eigenvalue weighted by molar-refractivity contribution is 6.00. The lowest BCUT2D eigenvalue weighted by atomic mass is 9.93. The Hall–Kier alpha value is -2.91. The Morgan fingerprint density at radius 3 is 2.19 bits per heavy atom. The zero-order valence-electron chi connectivity index (χ0n) is 15.5. The van der Waals surface area contributed by atoms with E-state index in [1.165, 1.54) is 0 Å². The fourth-order valence-electron chi connectivity index (χ4n) is 3.81. The van der Waals surface area contributed by atoms with Crippen molar-refractivity contribution in [3.8, 4) is 0 Å². The number of nitrogens with zero attached hydrogens (tertiary/aromatic N) is 1. The van der Waals surface area contributed by atoms with Crippen molar-refractivity contribution in [2.75, 3.05) is 6.61 Å². The molecule has 0 bridgehead atoms. The molecule has 0 saturated heterocycles. The number of hydrogen-bond acceptors (Lipinski definition) is 2. The zero-order valence-corrected chi connectivity index (χ0v) is 15.5. The summed E-state index contributed by atoms with van der Waals surface area (Å²) in [6.07, 6.45) is 0.879. The number of hydrogen-bond donors (Lipinski definition) is 0. The first kappa shape index (κ1) is 17.5. The maximum absolute atomic E-state index is 13.4. The molecule has 1 unspecified atom stereocenters. The number of ether oxygens (including phenoxy) is 1. The minimum absolute atomic E-state index is 0.00871. The van der Waals surface area contributed by atoms with Gasteiger partial charge in [0.25, 0.3) is 5.91 Å². The monoisotopic (exact) mass is 357 g/mol. The van der Waals surface area contributed by atoms with Crippen molar-refractivity contribution < 1.29 is 9.53 Å². The number of amides is 1. The van der Waals surface area contributed by atoms with Gasteiger partial charge < -0.3 is 4.74 Å². The Kier molecular flexibility index (Phi) is 4.78. The van der Waals surface area contributed by atoms with Crippen molar-refractivity contribution in [1.29, 1.82) is 0 Å². The van der Waals surface area contributed by atoms with Crippen molar-refractivity contribution in [1.82, 2.24) is 4.90 Å². The molecule has 1 atom stereocenters. The van der Waals surface area contributed by atoms with Crippen LogP contribution in [0, 0.1) is 0 Å². The van der Waals surface area contributed by atoms with Gasteiger partial charge in [-0.05, 0) is 18.1 Å². The fourth-order valence-corrected chi connectivity index (χ4v) is 3.81. The van der Waals surface area contributed by atoms with Crippen LogP contribution in [0.5, 0.6) is 0 Å². The van der Waals surface area contributed by atoms with Crippen molar-refractivity contribution in [3.63, 3.8) is 0 Å². The molecule has 3 aromatic carbocycles. The van der Waals surface area contributed by atoms with Gasteiger partial charge in [0, 0.05) is 29.8 Å². The Bertz CT molecular complexity index is 923. The summed E-state index contributed by atoms with van der Waals surface area (Å²) >= 11 is 0. The molecule has 0 radical (unpaired) electrons. The van der Waals surface area contributed by atoms with Crippen LogP contribution in [-0.4, -0.2) is 17.4 Å². The van der Waals surface area contributed by atoms with E-state index < -0.39 is 5.72 Å². The van der Waals surface area contributed by atoms with Crippen molar-refractivity contribution in [2.24, 2.45) is 0 Å². The highest BCUT2D eigenvalue weighted by Crippen LogP contribution is 2.46. The van der Waals surface area contributed by atoms with Gasteiger partial charge in [0.2, 0.25) is 0 Å². The molecule has 1 aliphatic rings. The molecule has 136 valence electrons. The van der Waals surface area contributed by atoms with Crippen LogP contribution in [0.4, 0.5) is 0 Å². The van der Waals surface area contributed by atoms with Crippen LogP contribution < -0.4 is 0 Å². The summed E-state index contributed by atoms with van der Waals surface area (Å²) in [7, 11) is 0. The number of rotatable bonds is 6. The van der Waals surface area contributed by atoms with Crippen molar-refractivity contribution in [3.05, 3.63) is 107 Å². The van der Waals surface area contributed by atoms with E-state index in [4.69, 9.17) is 4.74 Å². The number of carbonyl (C=O) groups is 1. The topological polar surface area (TPSA) is 29.5 Å². The summed E-state index contributed by atoms with van der Waals surface area (Å²) in [5, 5.41) is 0. The average Bonchev–Trinajstić information content (AvgIpc) is 2.97. The molecule has 0 aromatic heterocycles. The largest absolute Gasteiger partial charge is 0.347 e. The standard InChI is InChI=1S/C24H23NO2/c1-2-17-27-24(20-13-7-4-8-14-20)22-16-10-9-15-21(22)23(26)25(24)18-19-11-5-3-6-12-19/h3-16H,2,17-18H2,1H3. The van der Waals surface area contributed by atoms with Gasteiger partial charge in [-0.15, -0.1) is 0 Å². The molecular weight excluding hydrogens is 334 g/mol. The normalized spacial score (nSPS) is 18.6. The van der Waals surface area contributed by atoms with E-state index in [1.807, 2.05) is 89.8 Å². The molecule has 0 fully saturated rings. The van der Waals surface area contributed by atoms with Crippen LogP contribution in [-0.2, 0) is 17.0 Å². The minimum Gasteiger partial charge on any atom is -0.347 e. The third kappa shape index (κ3) is 2.94. The number of fused-ring (bicyclic) bond motifs is 1. The van der Waals surface area contributed by atoms with Crippen LogP contribution >= 0.6 is 0 Å². The molecule has 3 heteroatoms. The Morgan fingerprint density at radius 1 is 0.852 bits per heavy atom. The van der Waals surface area contributed by atoms with Crippen molar-refractivity contribution >= 4 is 5.91 Å². The van der Waals surface area contributed by atoms with E-state index in [-0.39, 0.29) is 5.91 Å². The number of benzene rings is 3. The van der Waals surface area contributed by atoms with E-state index >= 15 is 0 Å². The van der Waals surface area contributed by atoms with Gasteiger partial charge in [-0.3, -0.25) is 9.69 Å². The lowest BCUT2D eigenvalue weighted by Crippen LogP contribution is -2.46. The molecular formula is C24H23NO2. The second kappa shape index (κ2) is 7.37. The summed E-state index contributed by atoms with van der Waals surface area (Å²) in [5.41, 5.74) is 2.80. The maximum atomic E-state index is 13.4. The quantitative estimate of drug-likeness (QED) is 0.623. The van der Waals surface area contributed by atoms with E-state index in [0.29, 0.717) is 18.7 Å². The molecule has 1 aliphatic heterocycles. The average molecular weight is 357 g/mol. The third-order valence-electron chi connectivity index (χ3n) is 5.01. The van der Waals surface area contributed by atoms with E-state index in [1.54, 1.807) is 0 Å².